The quantitative estimate of drug-likeness (QED) is 0.751. The lowest BCUT2D eigenvalue weighted by Crippen LogP contribution is -1.97. The average molecular weight is 178 g/mol. The Labute approximate surface area is 80.4 Å². The van der Waals surface area contributed by atoms with Crippen LogP contribution in [0.25, 0.3) is 0 Å². The third-order valence-electron chi connectivity index (χ3n) is 2.31. The molecule has 72 valence electrons. The Hall–Kier alpha value is -0.820. The van der Waals surface area contributed by atoms with E-state index in [1.807, 2.05) is 12.1 Å². The van der Waals surface area contributed by atoms with Crippen molar-refractivity contribution in [3.8, 4) is 0 Å². The zero-order valence-electron chi connectivity index (χ0n) is 8.46. The first kappa shape index (κ1) is 10.3. The van der Waals surface area contributed by atoms with Crippen LogP contribution in [0.4, 0.5) is 0 Å². The van der Waals surface area contributed by atoms with Gasteiger partial charge in [-0.05, 0) is 24.0 Å². The van der Waals surface area contributed by atoms with E-state index in [1.54, 1.807) is 0 Å². The van der Waals surface area contributed by atoms with Gasteiger partial charge in [-0.25, -0.2) is 0 Å². The van der Waals surface area contributed by atoms with E-state index in [0.29, 0.717) is 0 Å². The molecule has 0 heterocycles. The standard InChI is InChI=1S/C12H18O/c1-3-6-12(13)11-8-5-7-10(4-2)9-11/h5,7-9,12-13H,3-4,6H2,1-2H3/t12-/m1/s1. The predicted molar refractivity (Wildman–Crippen MR) is 55.7 cm³/mol. The van der Waals surface area contributed by atoms with Crippen LogP contribution in [0.1, 0.15) is 43.9 Å². The Kier molecular flexibility index (Phi) is 3.97. The maximum atomic E-state index is 9.74. The molecule has 1 aromatic rings. The molecule has 0 fully saturated rings. The first-order valence-electron chi connectivity index (χ1n) is 5.04. The molecule has 0 saturated carbocycles. The summed E-state index contributed by atoms with van der Waals surface area (Å²) >= 11 is 0. The number of aryl methyl sites for hydroxylation is 1. The fraction of sp³-hybridized carbons (Fsp3) is 0.500. The van der Waals surface area contributed by atoms with Crippen molar-refractivity contribution in [2.45, 2.75) is 39.2 Å². The summed E-state index contributed by atoms with van der Waals surface area (Å²) in [6.45, 7) is 4.22. The lowest BCUT2D eigenvalue weighted by atomic mass is 10.0. The highest BCUT2D eigenvalue weighted by molar-refractivity contribution is 5.25. The SMILES string of the molecule is CCC[C@@H](O)c1cccc(CC)c1. The van der Waals surface area contributed by atoms with Crippen molar-refractivity contribution in [1.82, 2.24) is 0 Å². The van der Waals surface area contributed by atoms with Gasteiger partial charge in [0.25, 0.3) is 0 Å². The summed E-state index contributed by atoms with van der Waals surface area (Å²) < 4.78 is 0. The number of benzene rings is 1. The first-order valence-corrected chi connectivity index (χ1v) is 5.04. The minimum absolute atomic E-state index is 0.281. The van der Waals surface area contributed by atoms with Crippen LogP contribution in [0.15, 0.2) is 24.3 Å². The van der Waals surface area contributed by atoms with Crippen LogP contribution in [0.2, 0.25) is 0 Å². The fourth-order valence-corrected chi connectivity index (χ4v) is 1.46. The summed E-state index contributed by atoms with van der Waals surface area (Å²) in [6, 6.07) is 8.22. The summed E-state index contributed by atoms with van der Waals surface area (Å²) in [7, 11) is 0. The highest BCUT2D eigenvalue weighted by Gasteiger charge is 2.05. The average Bonchev–Trinajstić information content (AvgIpc) is 2.18. The molecule has 0 aliphatic carbocycles. The minimum atomic E-state index is -0.281. The van der Waals surface area contributed by atoms with Crippen LogP contribution in [0.5, 0.6) is 0 Å². The minimum Gasteiger partial charge on any atom is -0.388 e. The maximum absolute atomic E-state index is 9.74. The Morgan fingerprint density at radius 2 is 2.08 bits per heavy atom. The van der Waals surface area contributed by atoms with Gasteiger partial charge >= 0.3 is 0 Å². The molecule has 1 N–H and O–H groups in total. The summed E-state index contributed by atoms with van der Waals surface area (Å²) in [5, 5.41) is 9.74. The predicted octanol–water partition coefficient (Wildman–Crippen LogP) is 3.08. The Morgan fingerprint density at radius 3 is 2.69 bits per heavy atom. The smallest absolute Gasteiger partial charge is 0.0790 e. The van der Waals surface area contributed by atoms with Gasteiger partial charge in [-0.2, -0.15) is 0 Å². The third kappa shape index (κ3) is 2.85. The molecule has 0 aliphatic rings. The summed E-state index contributed by atoms with van der Waals surface area (Å²) in [4.78, 5) is 0. The van der Waals surface area contributed by atoms with Gasteiger partial charge in [0.2, 0.25) is 0 Å². The highest BCUT2D eigenvalue weighted by Crippen LogP contribution is 2.19. The number of aliphatic hydroxyl groups excluding tert-OH is 1. The molecule has 1 atom stereocenters. The van der Waals surface area contributed by atoms with Gasteiger partial charge in [-0.3, -0.25) is 0 Å². The van der Waals surface area contributed by atoms with Gasteiger partial charge in [0.1, 0.15) is 0 Å². The van der Waals surface area contributed by atoms with E-state index in [1.165, 1.54) is 5.56 Å². The van der Waals surface area contributed by atoms with Crippen LogP contribution in [-0.2, 0) is 6.42 Å². The normalized spacial score (nSPS) is 12.8. The Morgan fingerprint density at radius 1 is 1.31 bits per heavy atom. The number of hydrogen-bond acceptors (Lipinski definition) is 1. The van der Waals surface area contributed by atoms with E-state index >= 15 is 0 Å². The van der Waals surface area contributed by atoms with E-state index in [-0.39, 0.29) is 6.10 Å². The zero-order chi connectivity index (χ0) is 9.68. The molecule has 0 aliphatic heterocycles. The van der Waals surface area contributed by atoms with Crippen molar-refractivity contribution in [1.29, 1.82) is 0 Å². The number of hydrogen-bond donors (Lipinski definition) is 1. The molecule has 0 aromatic heterocycles. The molecule has 0 saturated heterocycles. The topological polar surface area (TPSA) is 20.2 Å². The summed E-state index contributed by atoms with van der Waals surface area (Å²) in [6.07, 6.45) is 2.63. The Balaban J connectivity index is 2.75. The number of aliphatic hydroxyl groups is 1. The van der Waals surface area contributed by atoms with Gasteiger partial charge < -0.3 is 5.11 Å². The molecular weight excluding hydrogens is 160 g/mol. The lowest BCUT2D eigenvalue weighted by molar-refractivity contribution is 0.166. The summed E-state index contributed by atoms with van der Waals surface area (Å²) in [5.74, 6) is 0. The van der Waals surface area contributed by atoms with Crippen molar-refractivity contribution < 1.29 is 5.11 Å². The third-order valence-corrected chi connectivity index (χ3v) is 2.31. The van der Waals surface area contributed by atoms with E-state index in [9.17, 15) is 5.11 Å². The van der Waals surface area contributed by atoms with Gasteiger partial charge in [0.05, 0.1) is 6.10 Å². The molecule has 13 heavy (non-hydrogen) atoms. The Bertz CT molecular complexity index is 255. The monoisotopic (exact) mass is 178 g/mol. The molecule has 1 rings (SSSR count). The molecule has 1 aromatic carbocycles. The van der Waals surface area contributed by atoms with Gasteiger partial charge in [0, 0.05) is 0 Å². The van der Waals surface area contributed by atoms with Gasteiger partial charge in [0.15, 0.2) is 0 Å². The van der Waals surface area contributed by atoms with Crippen LogP contribution in [-0.4, -0.2) is 5.11 Å². The molecule has 0 unspecified atom stereocenters. The van der Waals surface area contributed by atoms with Gasteiger partial charge in [-0.1, -0.05) is 44.5 Å². The molecule has 0 spiro atoms. The molecule has 0 bridgehead atoms. The van der Waals surface area contributed by atoms with Crippen molar-refractivity contribution in [3.63, 3.8) is 0 Å². The van der Waals surface area contributed by atoms with Crippen molar-refractivity contribution in [2.24, 2.45) is 0 Å². The molecule has 1 nitrogen and oxygen atoms in total. The molecule has 0 amide bonds. The van der Waals surface area contributed by atoms with E-state index in [0.717, 1.165) is 24.8 Å². The maximum Gasteiger partial charge on any atom is 0.0790 e. The zero-order valence-corrected chi connectivity index (χ0v) is 8.46. The lowest BCUT2D eigenvalue weighted by Gasteiger charge is -2.10. The summed E-state index contributed by atoms with van der Waals surface area (Å²) in [5.41, 5.74) is 2.36. The molecule has 1 heteroatoms. The second kappa shape index (κ2) is 5.03. The second-order valence-corrected chi connectivity index (χ2v) is 3.40. The van der Waals surface area contributed by atoms with Crippen LogP contribution < -0.4 is 0 Å². The van der Waals surface area contributed by atoms with E-state index in [2.05, 4.69) is 26.0 Å². The van der Waals surface area contributed by atoms with Gasteiger partial charge in [-0.15, -0.1) is 0 Å². The van der Waals surface area contributed by atoms with E-state index < -0.39 is 0 Å². The van der Waals surface area contributed by atoms with E-state index in [4.69, 9.17) is 0 Å². The number of rotatable bonds is 4. The molecular formula is C12H18O. The molecule has 0 radical (unpaired) electrons. The van der Waals surface area contributed by atoms with Crippen LogP contribution in [0, 0.1) is 0 Å². The largest absolute Gasteiger partial charge is 0.388 e. The highest BCUT2D eigenvalue weighted by atomic mass is 16.3. The van der Waals surface area contributed by atoms with Crippen molar-refractivity contribution in [2.75, 3.05) is 0 Å². The van der Waals surface area contributed by atoms with Crippen LogP contribution in [0.3, 0.4) is 0 Å². The van der Waals surface area contributed by atoms with Crippen LogP contribution >= 0.6 is 0 Å². The van der Waals surface area contributed by atoms with Crippen molar-refractivity contribution in [3.05, 3.63) is 35.4 Å². The fourth-order valence-electron chi connectivity index (χ4n) is 1.46. The second-order valence-electron chi connectivity index (χ2n) is 3.40. The first-order chi connectivity index (χ1) is 6.27. The van der Waals surface area contributed by atoms with Crippen molar-refractivity contribution >= 4 is 0 Å².